The van der Waals surface area contributed by atoms with E-state index in [-0.39, 0.29) is 17.4 Å². The molecule has 0 aromatic heterocycles. The number of rotatable bonds is 8. The maximum atomic E-state index is 14.2. The number of barbiturate groups is 1. The number of nitrogens with zero attached hydrogens (tertiary/aromatic N) is 2. The molecule has 1 fully saturated rings. The standard InChI is InChI=1S/C39H37N3O5/c1-3-20-47-35-24-29(46-2)15-14-27(35)21-34-37(43)40-39(45)42(38(34)44)28-22-32-30(25-10-6-4-7-11-25)16-18-41-19-17-31(33(23-28)36(32)41)26-12-8-5-9-13-26/h4-15,21-24,30-31H,3,16-20H2,1-2H3,(H,40,43,45)/b34-21+/t30-,31-/m1/s1. The van der Waals surface area contributed by atoms with Gasteiger partial charge in [-0.2, -0.15) is 0 Å². The fraction of sp³-hybridized carbons (Fsp3) is 0.256. The fourth-order valence-electron chi connectivity index (χ4n) is 7.11. The summed E-state index contributed by atoms with van der Waals surface area (Å²) in [5, 5.41) is 2.42. The smallest absolute Gasteiger partial charge is 0.335 e. The van der Waals surface area contributed by atoms with Crippen molar-refractivity contribution < 1.29 is 23.9 Å². The molecule has 0 aliphatic carbocycles. The second kappa shape index (κ2) is 12.8. The molecule has 1 saturated heterocycles. The van der Waals surface area contributed by atoms with Crippen molar-refractivity contribution in [3.8, 4) is 11.5 Å². The molecule has 4 aromatic rings. The van der Waals surface area contributed by atoms with Crippen LogP contribution in [0.25, 0.3) is 6.08 Å². The highest BCUT2D eigenvalue weighted by Crippen LogP contribution is 2.50. The van der Waals surface area contributed by atoms with Crippen molar-refractivity contribution in [2.24, 2.45) is 0 Å². The van der Waals surface area contributed by atoms with Crippen molar-refractivity contribution >= 4 is 35.3 Å². The van der Waals surface area contributed by atoms with Crippen LogP contribution in [0, 0.1) is 0 Å². The van der Waals surface area contributed by atoms with Crippen molar-refractivity contribution in [3.05, 3.63) is 124 Å². The van der Waals surface area contributed by atoms with Crippen LogP contribution in [0.2, 0.25) is 0 Å². The number of carbonyl (C=O) groups excluding carboxylic acids is 3. The van der Waals surface area contributed by atoms with Crippen LogP contribution in [0.1, 0.15) is 65.8 Å². The molecule has 4 aromatic carbocycles. The van der Waals surface area contributed by atoms with Crippen LogP contribution in [-0.2, 0) is 9.59 Å². The van der Waals surface area contributed by atoms with E-state index in [1.54, 1.807) is 25.3 Å². The van der Waals surface area contributed by atoms with Gasteiger partial charge in [-0.3, -0.25) is 14.9 Å². The maximum absolute atomic E-state index is 14.2. The Morgan fingerprint density at radius 1 is 0.830 bits per heavy atom. The van der Waals surface area contributed by atoms with Crippen molar-refractivity contribution in [2.45, 2.75) is 38.0 Å². The van der Waals surface area contributed by atoms with E-state index < -0.39 is 17.8 Å². The molecule has 47 heavy (non-hydrogen) atoms. The van der Waals surface area contributed by atoms with Gasteiger partial charge in [0.2, 0.25) is 0 Å². The third kappa shape index (κ3) is 5.65. The van der Waals surface area contributed by atoms with E-state index in [4.69, 9.17) is 9.47 Å². The molecule has 4 amide bonds. The zero-order valence-corrected chi connectivity index (χ0v) is 26.6. The van der Waals surface area contributed by atoms with E-state index in [0.29, 0.717) is 29.4 Å². The molecule has 0 unspecified atom stereocenters. The lowest BCUT2D eigenvalue weighted by Crippen LogP contribution is -2.54. The first kappa shape index (κ1) is 30.3. The predicted octanol–water partition coefficient (Wildman–Crippen LogP) is 7.03. The lowest BCUT2D eigenvalue weighted by molar-refractivity contribution is -0.122. The second-order valence-corrected chi connectivity index (χ2v) is 12.2. The van der Waals surface area contributed by atoms with Crippen LogP contribution in [0.4, 0.5) is 16.2 Å². The average Bonchev–Trinajstić information content (AvgIpc) is 3.10. The van der Waals surface area contributed by atoms with Gasteiger partial charge in [-0.25, -0.2) is 9.69 Å². The van der Waals surface area contributed by atoms with Crippen LogP contribution in [-0.4, -0.2) is 44.7 Å². The van der Waals surface area contributed by atoms with Crippen LogP contribution < -0.4 is 24.6 Å². The molecule has 1 N–H and O–H groups in total. The summed E-state index contributed by atoms with van der Waals surface area (Å²) in [7, 11) is 1.56. The monoisotopic (exact) mass is 627 g/mol. The minimum absolute atomic E-state index is 0.0906. The Kier molecular flexibility index (Phi) is 8.24. The summed E-state index contributed by atoms with van der Waals surface area (Å²) in [6.45, 7) is 4.30. The van der Waals surface area contributed by atoms with Crippen LogP contribution >= 0.6 is 0 Å². The van der Waals surface area contributed by atoms with E-state index in [9.17, 15) is 14.4 Å². The molecule has 3 heterocycles. The summed E-state index contributed by atoms with van der Waals surface area (Å²) in [6.07, 6.45) is 4.10. The number of methoxy groups -OCH3 is 1. The minimum atomic E-state index is -0.766. The van der Waals surface area contributed by atoms with Gasteiger partial charge in [0.05, 0.1) is 19.4 Å². The van der Waals surface area contributed by atoms with Gasteiger partial charge < -0.3 is 14.4 Å². The molecule has 3 aliphatic heterocycles. The molecule has 0 spiro atoms. The number of carbonyl (C=O) groups is 3. The lowest BCUT2D eigenvalue weighted by atomic mass is 9.76. The highest BCUT2D eigenvalue weighted by molar-refractivity contribution is 6.39. The molecule has 0 bridgehead atoms. The molecule has 8 nitrogen and oxygen atoms in total. The van der Waals surface area contributed by atoms with Crippen molar-refractivity contribution in [1.82, 2.24) is 5.32 Å². The van der Waals surface area contributed by atoms with E-state index in [1.807, 2.05) is 55.5 Å². The Hall–Kier alpha value is -5.37. The zero-order chi connectivity index (χ0) is 32.5. The number of benzene rings is 4. The number of hydrogen-bond acceptors (Lipinski definition) is 6. The van der Waals surface area contributed by atoms with Crippen LogP contribution in [0.5, 0.6) is 11.5 Å². The van der Waals surface area contributed by atoms with E-state index in [2.05, 4.69) is 34.5 Å². The molecule has 3 aliphatic rings. The summed E-state index contributed by atoms with van der Waals surface area (Å²) in [6, 6.07) is 29.2. The summed E-state index contributed by atoms with van der Waals surface area (Å²) in [5.74, 6) is -0.173. The average molecular weight is 628 g/mol. The van der Waals surface area contributed by atoms with Gasteiger partial charge in [-0.05, 0) is 71.9 Å². The Morgan fingerprint density at radius 2 is 1.45 bits per heavy atom. The van der Waals surface area contributed by atoms with Gasteiger partial charge in [-0.1, -0.05) is 67.6 Å². The summed E-state index contributed by atoms with van der Waals surface area (Å²) < 4.78 is 11.3. The number of imide groups is 2. The molecule has 0 saturated carbocycles. The predicted molar refractivity (Wildman–Crippen MR) is 182 cm³/mol. The number of anilines is 2. The van der Waals surface area contributed by atoms with Gasteiger partial charge in [0.25, 0.3) is 11.8 Å². The largest absolute Gasteiger partial charge is 0.497 e. The number of nitrogens with one attached hydrogen (secondary N) is 1. The Bertz CT molecular complexity index is 1800. The summed E-state index contributed by atoms with van der Waals surface area (Å²) in [5.41, 5.74) is 6.58. The maximum Gasteiger partial charge on any atom is 0.335 e. The van der Waals surface area contributed by atoms with Crippen molar-refractivity contribution in [2.75, 3.05) is 36.6 Å². The van der Waals surface area contributed by atoms with Crippen LogP contribution in [0.15, 0.2) is 96.6 Å². The van der Waals surface area contributed by atoms with Gasteiger partial charge in [0.15, 0.2) is 0 Å². The fourth-order valence-corrected chi connectivity index (χ4v) is 7.11. The van der Waals surface area contributed by atoms with E-state index in [1.165, 1.54) is 22.9 Å². The third-order valence-electron chi connectivity index (χ3n) is 9.34. The highest BCUT2D eigenvalue weighted by Gasteiger charge is 2.40. The normalized spacial score (nSPS) is 19.8. The first-order valence-electron chi connectivity index (χ1n) is 16.2. The Morgan fingerprint density at radius 3 is 2.02 bits per heavy atom. The third-order valence-corrected chi connectivity index (χ3v) is 9.34. The topological polar surface area (TPSA) is 88.2 Å². The molecule has 238 valence electrons. The lowest BCUT2D eigenvalue weighted by Gasteiger charge is -2.44. The second-order valence-electron chi connectivity index (χ2n) is 12.2. The first-order chi connectivity index (χ1) is 23.0. The Balaban J connectivity index is 1.36. The molecule has 0 radical (unpaired) electrons. The minimum Gasteiger partial charge on any atom is -0.497 e. The van der Waals surface area contributed by atoms with Gasteiger partial charge >= 0.3 is 6.03 Å². The Labute approximate surface area is 274 Å². The molecule has 2 atom stereocenters. The van der Waals surface area contributed by atoms with Gasteiger partial charge in [-0.15, -0.1) is 0 Å². The van der Waals surface area contributed by atoms with Crippen molar-refractivity contribution in [3.63, 3.8) is 0 Å². The summed E-state index contributed by atoms with van der Waals surface area (Å²) >= 11 is 0. The van der Waals surface area contributed by atoms with E-state index >= 15 is 0 Å². The molecule has 8 heteroatoms. The quantitative estimate of drug-likeness (QED) is 0.167. The van der Waals surface area contributed by atoms with Gasteiger partial charge in [0.1, 0.15) is 17.1 Å². The zero-order valence-electron chi connectivity index (χ0n) is 26.6. The molecular formula is C39H37N3O5. The van der Waals surface area contributed by atoms with Crippen LogP contribution in [0.3, 0.4) is 0 Å². The summed E-state index contributed by atoms with van der Waals surface area (Å²) in [4.78, 5) is 44.6. The first-order valence-corrected chi connectivity index (χ1v) is 16.2. The number of urea groups is 1. The van der Waals surface area contributed by atoms with E-state index in [0.717, 1.165) is 48.4 Å². The number of amides is 4. The number of hydrogen-bond donors (Lipinski definition) is 1. The molecule has 7 rings (SSSR count). The number of ether oxygens (including phenoxy) is 2. The molecular weight excluding hydrogens is 590 g/mol. The van der Waals surface area contributed by atoms with Gasteiger partial charge in [0, 0.05) is 42.2 Å². The SMILES string of the molecule is CCCOc1cc(OC)ccc1/C=C1\C(=O)NC(=O)N(c2cc3c4c(c2)[C@@H](c2ccccc2)CCN4CC[C@@H]3c2ccccc2)C1=O. The van der Waals surface area contributed by atoms with Crippen molar-refractivity contribution in [1.29, 1.82) is 0 Å². The highest BCUT2D eigenvalue weighted by atomic mass is 16.5.